The Hall–Kier alpha value is -1.46. The van der Waals surface area contributed by atoms with E-state index in [9.17, 15) is 14.3 Å². The summed E-state index contributed by atoms with van der Waals surface area (Å²) in [4.78, 5) is 15.9. The Morgan fingerprint density at radius 2 is 1.76 bits per heavy atom. The third kappa shape index (κ3) is 5.81. The summed E-state index contributed by atoms with van der Waals surface area (Å²) in [6.07, 6.45) is 0. The van der Waals surface area contributed by atoms with Crippen molar-refractivity contribution in [2.75, 3.05) is 31.1 Å². The van der Waals surface area contributed by atoms with Crippen LogP contribution in [-0.4, -0.2) is 47.7 Å². The van der Waals surface area contributed by atoms with Gasteiger partial charge < -0.3 is 10.0 Å². The fraction of sp³-hybridized carbons (Fsp3) is 0.562. The molecule has 0 saturated carbocycles. The van der Waals surface area contributed by atoms with Gasteiger partial charge in [0.15, 0.2) is 0 Å². The van der Waals surface area contributed by atoms with Crippen molar-refractivity contribution in [1.82, 2.24) is 4.90 Å². The van der Waals surface area contributed by atoms with Crippen LogP contribution in [0.25, 0.3) is 0 Å². The van der Waals surface area contributed by atoms with Crippen molar-refractivity contribution in [2.24, 2.45) is 0 Å². The Bertz CT molecular complexity index is 454. The standard InChI is InChI=1S/C16H25FN2O2/c1-5-18(12-16(3,4)21)11-15(20)19(6-2)14-9-7-13(17)8-10-14/h7-10,21H,5-6,11-12H2,1-4H3. The molecule has 0 aromatic heterocycles. The Kier molecular flexibility index (Phi) is 6.30. The first kappa shape index (κ1) is 17.6. The van der Waals surface area contributed by atoms with Crippen LogP contribution in [0.2, 0.25) is 0 Å². The number of anilines is 1. The van der Waals surface area contributed by atoms with Gasteiger partial charge in [0.1, 0.15) is 5.82 Å². The smallest absolute Gasteiger partial charge is 0.241 e. The number of rotatable bonds is 7. The second-order valence-electron chi connectivity index (χ2n) is 5.73. The van der Waals surface area contributed by atoms with E-state index in [2.05, 4.69) is 0 Å². The van der Waals surface area contributed by atoms with Gasteiger partial charge in [-0.15, -0.1) is 0 Å². The largest absolute Gasteiger partial charge is 0.389 e. The number of halogens is 1. The third-order valence-electron chi connectivity index (χ3n) is 3.17. The number of hydrogen-bond acceptors (Lipinski definition) is 3. The molecule has 0 aliphatic carbocycles. The zero-order valence-corrected chi connectivity index (χ0v) is 13.3. The average molecular weight is 296 g/mol. The summed E-state index contributed by atoms with van der Waals surface area (Å²) in [6.45, 7) is 9.12. The van der Waals surface area contributed by atoms with Crippen molar-refractivity contribution in [3.8, 4) is 0 Å². The van der Waals surface area contributed by atoms with E-state index in [1.165, 1.54) is 12.1 Å². The van der Waals surface area contributed by atoms with Gasteiger partial charge in [-0.1, -0.05) is 6.92 Å². The summed E-state index contributed by atoms with van der Waals surface area (Å²) in [6, 6.07) is 5.89. The Balaban J connectivity index is 2.76. The van der Waals surface area contributed by atoms with E-state index in [0.717, 1.165) is 0 Å². The minimum absolute atomic E-state index is 0.0600. The molecule has 0 unspecified atom stereocenters. The lowest BCUT2D eigenvalue weighted by molar-refractivity contribution is -0.120. The monoisotopic (exact) mass is 296 g/mol. The van der Waals surface area contributed by atoms with Crippen molar-refractivity contribution < 1.29 is 14.3 Å². The van der Waals surface area contributed by atoms with Crippen LogP contribution < -0.4 is 4.90 Å². The van der Waals surface area contributed by atoms with Gasteiger partial charge >= 0.3 is 0 Å². The number of carbonyl (C=O) groups excluding carboxylic acids is 1. The molecule has 4 nitrogen and oxygen atoms in total. The molecule has 0 aliphatic rings. The van der Waals surface area contributed by atoms with Crippen molar-refractivity contribution in [1.29, 1.82) is 0 Å². The topological polar surface area (TPSA) is 43.8 Å². The Morgan fingerprint density at radius 3 is 2.19 bits per heavy atom. The molecule has 1 rings (SSSR count). The fourth-order valence-electron chi connectivity index (χ4n) is 2.23. The molecule has 5 heteroatoms. The van der Waals surface area contributed by atoms with Crippen LogP contribution in [-0.2, 0) is 4.79 Å². The summed E-state index contributed by atoms with van der Waals surface area (Å²) in [5.74, 6) is -0.380. The van der Waals surface area contributed by atoms with Crippen LogP contribution >= 0.6 is 0 Å². The van der Waals surface area contributed by atoms with Crippen LogP contribution in [0.4, 0.5) is 10.1 Å². The summed E-state index contributed by atoms with van der Waals surface area (Å²) in [7, 11) is 0. The van der Waals surface area contributed by atoms with Gasteiger partial charge in [-0.05, 0) is 51.6 Å². The molecule has 0 radical (unpaired) electrons. The second kappa shape index (κ2) is 7.52. The lowest BCUT2D eigenvalue weighted by Crippen LogP contribution is -2.45. The second-order valence-corrected chi connectivity index (χ2v) is 5.73. The van der Waals surface area contributed by atoms with Crippen LogP contribution in [0.1, 0.15) is 27.7 Å². The number of hydrogen-bond donors (Lipinski definition) is 1. The van der Waals surface area contributed by atoms with Crippen molar-refractivity contribution in [2.45, 2.75) is 33.3 Å². The van der Waals surface area contributed by atoms with E-state index >= 15 is 0 Å². The molecule has 0 aliphatic heterocycles. The Morgan fingerprint density at radius 1 is 1.19 bits per heavy atom. The third-order valence-corrected chi connectivity index (χ3v) is 3.17. The highest BCUT2D eigenvalue weighted by Crippen LogP contribution is 2.15. The predicted molar refractivity (Wildman–Crippen MR) is 82.8 cm³/mol. The maximum absolute atomic E-state index is 13.0. The van der Waals surface area contributed by atoms with E-state index < -0.39 is 5.60 Å². The zero-order chi connectivity index (χ0) is 16.0. The van der Waals surface area contributed by atoms with E-state index in [1.807, 2.05) is 18.7 Å². The minimum atomic E-state index is -0.844. The lowest BCUT2D eigenvalue weighted by Gasteiger charge is -2.30. The predicted octanol–water partition coefficient (Wildman–Crippen LogP) is 2.27. The average Bonchev–Trinajstić information content (AvgIpc) is 2.39. The molecule has 1 aromatic rings. The molecule has 0 fully saturated rings. The van der Waals surface area contributed by atoms with Gasteiger partial charge in [0, 0.05) is 18.8 Å². The highest BCUT2D eigenvalue weighted by molar-refractivity contribution is 5.94. The van der Waals surface area contributed by atoms with Crippen LogP contribution in [0.5, 0.6) is 0 Å². The van der Waals surface area contributed by atoms with Crippen LogP contribution in [0.15, 0.2) is 24.3 Å². The van der Waals surface area contributed by atoms with Gasteiger partial charge in [0.25, 0.3) is 0 Å². The maximum Gasteiger partial charge on any atom is 0.241 e. The molecule has 0 bridgehead atoms. The molecule has 0 atom stereocenters. The first-order chi connectivity index (χ1) is 9.76. The van der Waals surface area contributed by atoms with Crippen LogP contribution in [0, 0.1) is 5.82 Å². The first-order valence-corrected chi connectivity index (χ1v) is 7.27. The number of benzene rings is 1. The number of amides is 1. The number of aliphatic hydroxyl groups is 1. The minimum Gasteiger partial charge on any atom is -0.389 e. The number of likely N-dealkylation sites (N-methyl/N-ethyl adjacent to an activating group) is 2. The molecule has 0 saturated heterocycles. The van der Waals surface area contributed by atoms with Gasteiger partial charge in [-0.3, -0.25) is 9.69 Å². The van der Waals surface area contributed by atoms with Crippen LogP contribution in [0.3, 0.4) is 0 Å². The maximum atomic E-state index is 13.0. The Labute approximate surface area is 126 Å². The first-order valence-electron chi connectivity index (χ1n) is 7.27. The lowest BCUT2D eigenvalue weighted by atomic mass is 10.1. The molecule has 21 heavy (non-hydrogen) atoms. The van der Waals surface area contributed by atoms with Crippen molar-refractivity contribution in [3.05, 3.63) is 30.1 Å². The molecular weight excluding hydrogens is 271 g/mol. The SMILES string of the molecule is CCN(CC(=O)N(CC)c1ccc(F)cc1)CC(C)(C)O. The normalized spacial score (nSPS) is 11.8. The van der Waals surface area contributed by atoms with E-state index in [1.54, 1.807) is 30.9 Å². The molecule has 1 amide bonds. The highest BCUT2D eigenvalue weighted by atomic mass is 19.1. The molecule has 0 heterocycles. The van der Waals surface area contributed by atoms with E-state index in [4.69, 9.17) is 0 Å². The van der Waals surface area contributed by atoms with Crippen molar-refractivity contribution in [3.63, 3.8) is 0 Å². The van der Waals surface area contributed by atoms with Gasteiger partial charge in [0.2, 0.25) is 5.91 Å². The molecule has 1 N–H and O–H groups in total. The van der Waals surface area contributed by atoms with Gasteiger partial charge in [0.05, 0.1) is 12.1 Å². The molecule has 0 spiro atoms. The van der Waals surface area contributed by atoms with E-state index in [0.29, 0.717) is 25.3 Å². The van der Waals surface area contributed by atoms with Crippen molar-refractivity contribution >= 4 is 11.6 Å². The number of nitrogens with zero attached hydrogens (tertiary/aromatic N) is 2. The quantitative estimate of drug-likeness (QED) is 0.839. The summed E-state index contributed by atoms with van der Waals surface area (Å²) in [5, 5.41) is 9.87. The van der Waals surface area contributed by atoms with E-state index in [-0.39, 0.29) is 18.3 Å². The zero-order valence-electron chi connectivity index (χ0n) is 13.3. The summed E-state index contributed by atoms with van der Waals surface area (Å²) < 4.78 is 13.0. The summed E-state index contributed by atoms with van der Waals surface area (Å²) in [5.41, 5.74) is -0.161. The highest BCUT2D eigenvalue weighted by Gasteiger charge is 2.22. The molecule has 1 aromatic carbocycles. The van der Waals surface area contributed by atoms with Gasteiger partial charge in [-0.2, -0.15) is 0 Å². The van der Waals surface area contributed by atoms with Gasteiger partial charge in [-0.25, -0.2) is 4.39 Å². The summed E-state index contributed by atoms with van der Waals surface area (Å²) >= 11 is 0. The fourth-order valence-corrected chi connectivity index (χ4v) is 2.23. The molecule has 118 valence electrons. The number of carbonyl (C=O) groups is 1. The molecular formula is C16H25FN2O2.